The maximum atomic E-state index is 13.1. The summed E-state index contributed by atoms with van der Waals surface area (Å²) in [6.07, 6.45) is 22.4. The number of aryl methyl sites for hydroxylation is 3. The van der Waals surface area contributed by atoms with Crippen LogP contribution in [0.2, 0.25) is 15.1 Å². The molecule has 686 valence electrons. The van der Waals surface area contributed by atoms with Gasteiger partial charge >= 0.3 is 0 Å². The van der Waals surface area contributed by atoms with Crippen LogP contribution in [0.3, 0.4) is 0 Å². The second kappa shape index (κ2) is 41.8. The van der Waals surface area contributed by atoms with Crippen LogP contribution in [0, 0.1) is 32.6 Å². The van der Waals surface area contributed by atoms with E-state index in [9.17, 15) is 25.3 Å². The smallest absolute Gasteiger partial charge is 0.229 e. The molecule has 14 rings (SSSR count). The van der Waals surface area contributed by atoms with Crippen molar-refractivity contribution in [2.75, 3.05) is 46.0 Å². The summed E-state index contributed by atoms with van der Waals surface area (Å²) in [7, 11) is -6.09. The molecule has 0 bridgehead atoms. The summed E-state index contributed by atoms with van der Waals surface area (Å²) in [5, 5.41) is 21.9. The number of para-hydroxylation sites is 3. The number of anilines is 12. The van der Waals surface area contributed by atoms with Crippen molar-refractivity contribution in [1.82, 2.24) is 45.0 Å². The number of halogens is 3. The first kappa shape index (κ1) is 97.6. The largest absolute Gasteiger partial charge is 0.489 e. The molecule has 2 aliphatic carbocycles. The van der Waals surface area contributed by atoms with Gasteiger partial charge in [-0.1, -0.05) is 102 Å². The maximum Gasteiger partial charge on any atom is 0.229 e. The van der Waals surface area contributed by atoms with Crippen LogP contribution in [0.25, 0.3) is 16.7 Å². The van der Waals surface area contributed by atoms with Gasteiger partial charge in [0.05, 0.1) is 101 Å². The summed E-state index contributed by atoms with van der Waals surface area (Å²) in [6, 6.07) is 35.3. The van der Waals surface area contributed by atoms with Crippen molar-refractivity contribution in [3.8, 4) is 17.2 Å². The quantitative estimate of drug-likeness (QED) is 0.0229. The van der Waals surface area contributed by atoms with Crippen LogP contribution in [0.4, 0.5) is 69.4 Å². The van der Waals surface area contributed by atoms with Gasteiger partial charge < -0.3 is 51.4 Å². The lowest BCUT2D eigenvalue weighted by Gasteiger charge is -2.49. The molecular formula is C98H126Cl3N15O9S3. The van der Waals surface area contributed by atoms with E-state index in [1.54, 1.807) is 114 Å². The zero-order chi connectivity index (χ0) is 92.7. The van der Waals surface area contributed by atoms with Crippen LogP contribution in [-0.4, -0.2) is 149 Å². The molecule has 9 aromatic rings. The Hall–Kier alpha value is -9.42. The highest BCUT2D eigenvalue weighted by Gasteiger charge is 2.41. The lowest BCUT2D eigenvalue weighted by Crippen LogP contribution is -2.51. The summed E-state index contributed by atoms with van der Waals surface area (Å²) in [5.41, 5.74) is 14.4. The van der Waals surface area contributed by atoms with Crippen LogP contribution < -0.4 is 51.4 Å². The molecule has 0 radical (unpaired) electrons. The fraction of sp³-hybridized carbons (Fsp3) is 0.449. The zero-order valence-electron chi connectivity index (χ0n) is 77.4. The lowest BCUT2D eigenvalue weighted by molar-refractivity contribution is 0.0521. The van der Waals surface area contributed by atoms with E-state index in [-0.39, 0.29) is 59.7 Å². The molecule has 5 aliphatic rings. The number of nitrogens with one attached hydrogen (secondary N) is 7. The van der Waals surface area contributed by atoms with Gasteiger partial charge in [-0.15, -0.1) is 0 Å². The van der Waals surface area contributed by atoms with E-state index in [0.717, 1.165) is 70.6 Å². The third-order valence-corrected chi connectivity index (χ3v) is 31.7. The van der Waals surface area contributed by atoms with Crippen molar-refractivity contribution in [3.63, 3.8) is 0 Å². The average Bonchev–Trinajstić information content (AvgIpc) is 0.721. The van der Waals surface area contributed by atoms with E-state index in [1.807, 2.05) is 47.6 Å². The Labute approximate surface area is 773 Å². The van der Waals surface area contributed by atoms with Crippen LogP contribution >= 0.6 is 34.8 Å². The molecule has 7 N–H and O–H groups in total. The lowest BCUT2D eigenvalue weighted by atomic mass is 9.70. The Bertz CT molecular complexity index is 5960. The number of hydrogen-bond acceptors (Lipinski definition) is 24. The maximum absolute atomic E-state index is 13.1. The minimum atomic E-state index is -3.54. The van der Waals surface area contributed by atoms with Crippen LogP contribution in [0.5, 0.6) is 17.2 Å². The Kier molecular flexibility index (Phi) is 31.9. The van der Waals surface area contributed by atoms with Crippen molar-refractivity contribution in [3.05, 3.63) is 194 Å². The normalized spacial score (nSPS) is 18.9. The number of hydrogen-bond donors (Lipinski definition) is 7. The van der Waals surface area contributed by atoms with Crippen LogP contribution in [0.15, 0.2) is 161 Å². The molecule has 3 aliphatic heterocycles. The highest BCUT2D eigenvalue weighted by atomic mass is 35.5. The number of rotatable bonds is 29. The Morgan fingerprint density at radius 2 is 0.750 bits per heavy atom. The molecule has 0 amide bonds. The number of aromatic nitrogens is 6. The predicted molar refractivity (Wildman–Crippen MR) is 524 cm³/mol. The first-order valence-corrected chi connectivity index (χ1v) is 50.3. The summed E-state index contributed by atoms with van der Waals surface area (Å²) >= 11 is 19.4. The highest BCUT2D eigenvalue weighted by Crippen LogP contribution is 2.48. The van der Waals surface area contributed by atoms with Gasteiger partial charge in [-0.05, 0) is 325 Å². The van der Waals surface area contributed by atoms with Gasteiger partial charge in [-0.25, -0.2) is 40.2 Å². The molecule has 3 aromatic heterocycles. The van der Waals surface area contributed by atoms with Crippen LogP contribution in [-0.2, 0) is 29.5 Å². The van der Waals surface area contributed by atoms with Gasteiger partial charge in [-0.2, -0.15) is 15.0 Å². The Morgan fingerprint density at radius 1 is 0.414 bits per heavy atom. The van der Waals surface area contributed by atoms with E-state index < -0.39 is 45.3 Å². The minimum absolute atomic E-state index is 0.0363. The minimum Gasteiger partial charge on any atom is -0.489 e. The van der Waals surface area contributed by atoms with Gasteiger partial charge in [0.15, 0.2) is 47.0 Å². The van der Waals surface area contributed by atoms with Gasteiger partial charge in [0.2, 0.25) is 17.8 Å². The third-order valence-electron chi connectivity index (χ3n) is 24.2. The second-order valence-electron chi connectivity index (χ2n) is 36.1. The summed E-state index contributed by atoms with van der Waals surface area (Å²) in [6.45, 7) is 37.1. The summed E-state index contributed by atoms with van der Waals surface area (Å²) in [5.74, 6) is 5.42. The zero-order valence-corrected chi connectivity index (χ0v) is 82.1. The molecule has 128 heavy (non-hydrogen) atoms. The molecule has 24 nitrogen and oxygen atoms in total. The standard InChI is InChI=1S/C37H48ClN5O3S.C31H40ClN5O3S.C30H38ClN5O3S/c1-22(2)46-34-20-28(27-18-32(25-11-9-12-25)43(6)33(19-27)26-13-10-14-26)24(5)17-31(34)41-37-39-21-29(38)36(42-37)40-30-15-7-8-16-35(30)47(44,45)23(3)4;1-18(2)40-28-16-24(23-14-21(6)37(8)22(7)15-23)20(5)13-27(28)35-31-33-17-25(32)30(36-31)34-26-11-9-10-12-29(26)41(38,39)19(3)4;1-17(2)39-27-15-23(22-13-20(6)33-21(7)14-22)19(5)12-26(27)35-30-32-16-24(31)29(36-30)34-25-10-8-9-11-28(25)40(37,38)18(3)4/h7-8,15-18,20-23,25-26,32-33H,9-14,19H2,1-6H3,(H2,39,40,41,42);9-14,16-19,21-22H,15H2,1-8H3,(H2,33,34,35,36);8-13,15-18,20-21,33H,14H2,1-7H3,(H2,32,34,35,36)/t32-,33+;21-,22+;20-,21+/m000/s1. The highest BCUT2D eigenvalue weighted by molar-refractivity contribution is 7.92. The molecule has 2 saturated carbocycles. The fourth-order valence-corrected chi connectivity index (χ4v) is 20.7. The number of benzene rings is 6. The first-order chi connectivity index (χ1) is 60.5. The van der Waals surface area contributed by atoms with Gasteiger partial charge in [0.1, 0.15) is 32.3 Å². The van der Waals surface area contributed by atoms with Crippen molar-refractivity contribution in [2.45, 2.75) is 274 Å². The van der Waals surface area contributed by atoms with Crippen molar-refractivity contribution >= 4 is 150 Å². The molecule has 2 fully saturated rings. The van der Waals surface area contributed by atoms with Crippen molar-refractivity contribution < 1.29 is 39.5 Å². The van der Waals surface area contributed by atoms with Crippen molar-refractivity contribution in [2.24, 2.45) is 11.8 Å². The third kappa shape index (κ3) is 23.3. The van der Waals surface area contributed by atoms with Crippen molar-refractivity contribution in [1.29, 1.82) is 0 Å². The summed E-state index contributed by atoms with van der Waals surface area (Å²) < 4.78 is 96.7. The van der Waals surface area contributed by atoms with E-state index in [4.69, 9.17) is 49.0 Å². The molecule has 30 heteroatoms. The number of sulfone groups is 3. The SMILES string of the molecule is Cc1cc(Nc2ncc(Cl)c(Nc3ccccc3S(=O)(=O)C(C)C)n2)c(OC(C)C)cc1C1=C[C@@H](C2CCC2)N(C)[C@@H](C2CCC2)C1.Cc1cc(Nc2ncc(Cl)c(Nc3ccccc3S(=O)(=O)C(C)C)n2)c(OC(C)C)cc1C1=C[C@H](C)N(C)[C@H](C)C1.Cc1cc(Nc2ncc(Cl)c(Nc3ccccc3S(=O)(=O)C(C)C)n2)c(OC(C)C)cc1C1=C[C@H](C)N[C@H](C)C1. The molecule has 6 atom stereocenters. The van der Waals surface area contributed by atoms with Gasteiger partial charge in [-0.3, -0.25) is 9.80 Å². The number of ether oxygens (including phenoxy) is 3. The topological polar surface area (TPSA) is 298 Å². The molecular weight excluding hydrogens is 1730 g/mol. The Morgan fingerprint density at radius 3 is 1.06 bits per heavy atom. The Balaban J connectivity index is 0.000000175. The van der Waals surface area contributed by atoms with Gasteiger partial charge in [0, 0.05) is 36.3 Å². The second-order valence-corrected chi connectivity index (χ2v) is 44.7. The monoisotopic (exact) mass is 1860 g/mol. The average molecular weight is 1860 g/mol. The fourth-order valence-electron chi connectivity index (χ4n) is 16.7. The van der Waals surface area contributed by atoms with E-state index in [1.165, 1.54) is 90.5 Å². The van der Waals surface area contributed by atoms with Gasteiger partial charge in [0.25, 0.3) is 0 Å². The van der Waals surface area contributed by atoms with E-state index >= 15 is 0 Å². The summed E-state index contributed by atoms with van der Waals surface area (Å²) in [4.78, 5) is 32.7. The van der Waals surface area contributed by atoms with E-state index in [0.29, 0.717) is 88.5 Å². The first-order valence-electron chi connectivity index (χ1n) is 44.5. The predicted octanol–water partition coefficient (Wildman–Crippen LogP) is 23.4. The number of nitrogens with zero attached hydrogens (tertiary/aromatic N) is 8. The molecule has 6 heterocycles. The van der Waals surface area contributed by atoms with Crippen LogP contribution in [0.1, 0.15) is 202 Å². The molecule has 0 spiro atoms. The molecule has 0 saturated heterocycles. The van der Waals surface area contributed by atoms with E-state index in [2.05, 4.69) is 188 Å². The number of likely N-dealkylation sites (N-methyl/N-ethyl adjacent to an activating group) is 2. The molecule has 0 unspecified atom stereocenters. The molecule has 6 aromatic carbocycles.